The molecular formula is C29H39F2N3. The Morgan fingerprint density at radius 3 is 2.35 bits per heavy atom. The Balaban J connectivity index is 1.61. The number of hydrogen-bond acceptors (Lipinski definition) is 3. The predicted octanol–water partition coefficient (Wildman–Crippen LogP) is 5.99. The van der Waals surface area contributed by atoms with Crippen molar-refractivity contribution >= 4 is 0 Å². The monoisotopic (exact) mass is 467 g/mol. The third-order valence-electron chi connectivity index (χ3n) is 7.55. The first-order chi connectivity index (χ1) is 16.2. The molecule has 4 rings (SSSR count). The van der Waals surface area contributed by atoms with Gasteiger partial charge >= 0.3 is 0 Å². The Morgan fingerprint density at radius 1 is 1.03 bits per heavy atom. The van der Waals surface area contributed by atoms with E-state index in [1.165, 1.54) is 36.7 Å². The summed E-state index contributed by atoms with van der Waals surface area (Å²) in [5.74, 6) is 0.197. The van der Waals surface area contributed by atoms with Crippen LogP contribution in [0.1, 0.15) is 57.2 Å². The molecule has 2 unspecified atom stereocenters. The first-order valence-corrected chi connectivity index (χ1v) is 12.6. The van der Waals surface area contributed by atoms with E-state index in [4.69, 9.17) is 0 Å². The Labute approximate surface area is 203 Å². The minimum absolute atomic E-state index is 0.0261. The molecule has 2 heterocycles. The van der Waals surface area contributed by atoms with Gasteiger partial charge in [-0.2, -0.15) is 0 Å². The highest BCUT2D eigenvalue weighted by molar-refractivity contribution is 5.33. The molecule has 184 valence electrons. The third kappa shape index (κ3) is 5.69. The van der Waals surface area contributed by atoms with Crippen molar-refractivity contribution in [1.29, 1.82) is 0 Å². The van der Waals surface area contributed by atoms with Gasteiger partial charge in [0.1, 0.15) is 11.6 Å². The Hall–Kier alpha value is -2.24. The van der Waals surface area contributed by atoms with Gasteiger partial charge in [0.25, 0.3) is 0 Å². The molecule has 0 saturated carbocycles. The number of rotatable bonds is 6. The summed E-state index contributed by atoms with van der Waals surface area (Å²) in [6.45, 7) is 16.0. The van der Waals surface area contributed by atoms with Crippen LogP contribution in [0.5, 0.6) is 0 Å². The van der Waals surface area contributed by atoms with E-state index in [0.717, 1.165) is 44.7 Å². The fraction of sp³-hybridized carbons (Fsp3) is 0.517. The largest absolute Gasteiger partial charge is 0.369 e. The molecule has 2 aliphatic heterocycles. The normalized spacial score (nSPS) is 21.4. The summed E-state index contributed by atoms with van der Waals surface area (Å²) < 4.78 is 28.7. The maximum absolute atomic E-state index is 15.0. The Morgan fingerprint density at radius 2 is 1.71 bits per heavy atom. The van der Waals surface area contributed by atoms with Gasteiger partial charge in [0.05, 0.1) is 6.04 Å². The van der Waals surface area contributed by atoms with Gasteiger partial charge in [-0.15, -0.1) is 0 Å². The third-order valence-corrected chi connectivity index (χ3v) is 7.55. The van der Waals surface area contributed by atoms with Crippen LogP contribution in [0.4, 0.5) is 8.78 Å². The van der Waals surface area contributed by atoms with E-state index in [1.807, 2.05) is 12.1 Å². The summed E-state index contributed by atoms with van der Waals surface area (Å²) in [7, 11) is 0. The molecule has 3 nitrogen and oxygen atoms in total. The van der Waals surface area contributed by atoms with Crippen molar-refractivity contribution in [2.24, 2.45) is 11.3 Å². The molecule has 0 aromatic heterocycles. The number of hydrogen-bond donors (Lipinski definition) is 1. The summed E-state index contributed by atoms with van der Waals surface area (Å²) in [5.41, 5.74) is 2.82. The zero-order chi connectivity index (χ0) is 24.3. The summed E-state index contributed by atoms with van der Waals surface area (Å²) in [5, 5.41) is 3.45. The van der Waals surface area contributed by atoms with Crippen LogP contribution in [0.25, 0.3) is 0 Å². The highest BCUT2D eigenvalue weighted by Crippen LogP contribution is 2.38. The molecule has 1 N–H and O–H groups in total. The van der Waals surface area contributed by atoms with Crippen LogP contribution in [-0.4, -0.2) is 48.6 Å². The second-order valence-electron chi connectivity index (χ2n) is 11.0. The number of nitrogens with one attached hydrogen (secondary N) is 1. The molecule has 2 aromatic carbocycles. The number of piperidine rings is 1. The smallest absolute Gasteiger partial charge is 0.128 e. The van der Waals surface area contributed by atoms with Crippen molar-refractivity contribution in [3.63, 3.8) is 0 Å². The first kappa shape index (κ1) is 24.9. The fourth-order valence-electron chi connectivity index (χ4n) is 5.62. The number of halogens is 2. The molecular weight excluding hydrogens is 428 g/mol. The molecule has 2 saturated heterocycles. The van der Waals surface area contributed by atoms with Crippen LogP contribution in [0, 0.1) is 23.0 Å². The molecule has 2 aliphatic rings. The van der Waals surface area contributed by atoms with E-state index in [2.05, 4.69) is 42.5 Å². The van der Waals surface area contributed by atoms with E-state index in [-0.39, 0.29) is 29.1 Å². The van der Waals surface area contributed by atoms with Gasteiger partial charge in [0, 0.05) is 36.9 Å². The van der Waals surface area contributed by atoms with Crippen LogP contribution < -0.4 is 5.32 Å². The summed E-state index contributed by atoms with van der Waals surface area (Å²) in [6, 6.07) is 13.5. The van der Waals surface area contributed by atoms with Crippen molar-refractivity contribution in [3.05, 3.63) is 83.6 Å². The van der Waals surface area contributed by atoms with Gasteiger partial charge in [0.15, 0.2) is 0 Å². The maximum Gasteiger partial charge on any atom is 0.128 e. The van der Waals surface area contributed by atoms with E-state index in [0.29, 0.717) is 11.5 Å². The molecule has 0 aliphatic carbocycles. The lowest BCUT2D eigenvalue weighted by Gasteiger charge is -2.51. The van der Waals surface area contributed by atoms with Gasteiger partial charge in [-0.25, -0.2) is 8.78 Å². The molecule has 2 aromatic rings. The molecule has 2 atom stereocenters. The second-order valence-corrected chi connectivity index (χ2v) is 11.0. The molecule has 0 bridgehead atoms. The summed E-state index contributed by atoms with van der Waals surface area (Å²) in [4.78, 5) is 4.89. The molecule has 0 amide bonds. The van der Waals surface area contributed by atoms with Gasteiger partial charge in [-0.3, -0.25) is 4.90 Å². The van der Waals surface area contributed by atoms with Crippen molar-refractivity contribution < 1.29 is 8.78 Å². The lowest BCUT2D eigenvalue weighted by Crippen LogP contribution is -2.58. The van der Waals surface area contributed by atoms with Gasteiger partial charge in [0.2, 0.25) is 0 Å². The van der Waals surface area contributed by atoms with E-state index < -0.39 is 0 Å². The Kier molecular flexibility index (Phi) is 7.73. The van der Waals surface area contributed by atoms with E-state index in [9.17, 15) is 4.39 Å². The lowest BCUT2D eigenvalue weighted by atomic mass is 9.82. The van der Waals surface area contributed by atoms with E-state index in [1.54, 1.807) is 18.2 Å². The van der Waals surface area contributed by atoms with Crippen LogP contribution in [0.3, 0.4) is 0 Å². The Bertz CT molecular complexity index is 960. The predicted molar refractivity (Wildman–Crippen MR) is 136 cm³/mol. The minimum atomic E-state index is -0.275. The summed E-state index contributed by atoms with van der Waals surface area (Å²) in [6.07, 6.45) is 3.46. The van der Waals surface area contributed by atoms with Crippen molar-refractivity contribution in [2.75, 3.05) is 32.7 Å². The highest BCUT2D eigenvalue weighted by atomic mass is 19.1. The number of nitrogens with zero attached hydrogens (tertiary/aromatic N) is 2. The van der Waals surface area contributed by atoms with Crippen LogP contribution in [0.15, 0.2) is 60.8 Å². The van der Waals surface area contributed by atoms with E-state index >= 15 is 4.39 Å². The van der Waals surface area contributed by atoms with Gasteiger partial charge < -0.3 is 10.2 Å². The molecule has 34 heavy (non-hydrogen) atoms. The zero-order valence-electron chi connectivity index (χ0n) is 20.9. The quantitative estimate of drug-likeness (QED) is 0.563. The van der Waals surface area contributed by atoms with Crippen molar-refractivity contribution in [2.45, 2.75) is 52.1 Å². The average molecular weight is 468 g/mol. The lowest BCUT2D eigenvalue weighted by molar-refractivity contribution is 0.0211. The number of benzene rings is 2. The van der Waals surface area contributed by atoms with Crippen LogP contribution >= 0.6 is 0 Å². The maximum atomic E-state index is 15.0. The standard InChI is InChI=1S/C29H39F2N3/c1-21(19-22-13-15-32-16-14-22)34-18-17-33(20-27(34)29(2,3)4)28(23-9-11-24(30)12-10-23)25-7-5-6-8-26(25)31/h5-12,22,27-28,32H,1,13-20H2,2-4H3. The topological polar surface area (TPSA) is 18.5 Å². The van der Waals surface area contributed by atoms with Gasteiger partial charge in [-0.05, 0) is 67.4 Å². The van der Waals surface area contributed by atoms with Crippen LogP contribution in [-0.2, 0) is 0 Å². The fourth-order valence-corrected chi connectivity index (χ4v) is 5.62. The second kappa shape index (κ2) is 10.6. The average Bonchev–Trinajstić information content (AvgIpc) is 2.81. The minimum Gasteiger partial charge on any atom is -0.369 e. The molecule has 0 spiro atoms. The van der Waals surface area contributed by atoms with Crippen molar-refractivity contribution in [3.8, 4) is 0 Å². The summed E-state index contributed by atoms with van der Waals surface area (Å²) >= 11 is 0. The molecule has 2 fully saturated rings. The SMILES string of the molecule is C=C(CC1CCNCC1)N1CCN(C(c2ccc(F)cc2)c2ccccc2F)CC1C(C)(C)C. The number of piperazine rings is 1. The molecule has 5 heteroatoms. The zero-order valence-corrected chi connectivity index (χ0v) is 20.9. The van der Waals surface area contributed by atoms with Crippen molar-refractivity contribution in [1.82, 2.24) is 15.1 Å². The molecule has 0 radical (unpaired) electrons. The first-order valence-electron chi connectivity index (χ1n) is 12.6. The van der Waals surface area contributed by atoms with Gasteiger partial charge in [-0.1, -0.05) is 57.7 Å². The highest BCUT2D eigenvalue weighted by Gasteiger charge is 2.39. The number of allylic oxidation sites excluding steroid dienone is 1. The van der Waals surface area contributed by atoms with Crippen LogP contribution in [0.2, 0.25) is 0 Å².